The number of rotatable bonds is 6. The molecule has 0 bridgehead atoms. The van der Waals surface area contributed by atoms with Crippen LogP contribution < -0.4 is 4.74 Å². The van der Waals surface area contributed by atoms with Gasteiger partial charge in [0.2, 0.25) is 0 Å². The maximum atomic E-state index is 14.1. The minimum atomic E-state index is -1.47. The average Bonchev–Trinajstić information content (AvgIpc) is 3.47. The van der Waals surface area contributed by atoms with Gasteiger partial charge >= 0.3 is 5.97 Å². The highest BCUT2D eigenvalue weighted by Crippen LogP contribution is 2.48. The summed E-state index contributed by atoms with van der Waals surface area (Å²) >= 11 is 1.45. The summed E-state index contributed by atoms with van der Waals surface area (Å²) in [6.45, 7) is 6.28. The predicted molar refractivity (Wildman–Crippen MR) is 132 cm³/mol. The van der Waals surface area contributed by atoms with E-state index in [-0.39, 0.29) is 23.6 Å². The molecule has 1 fully saturated rings. The summed E-state index contributed by atoms with van der Waals surface area (Å²) in [5.74, 6) is -0.563. The SMILES string of the molecule is COc1cc(C(=O)N2C(c3ccccc3)SCC2(Cn2cccn2)C(=O)O)ccc1C(C)(C)C. The van der Waals surface area contributed by atoms with Gasteiger partial charge in [-0.25, -0.2) is 4.79 Å². The highest BCUT2D eigenvalue weighted by atomic mass is 32.2. The number of carbonyl (C=O) groups is 2. The van der Waals surface area contributed by atoms with E-state index in [2.05, 4.69) is 25.9 Å². The third kappa shape index (κ3) is 4.30. The van der Waals surface area contributed by atoms with Crippen molar-refractivity contribution in [2.75, 3.05) is 12.9 Å². The summed E-state index contributed by atoms with van der Waals surface area (Å²) in [6, 6.07) is 16.7. The molecule has 1 amide bonds. The maximum absolute atomic E-state index is 14.1. The highest BCUT2D eigenvalue weighted by molar-refractivity contribution is 7.99. The van der Waals surface area contributed by atoms with E-state index in [0.717, 1.165) is 11.1 Å². The molecule has 0 radical (unpaired) electrons. The van der Waals surface area contributed by atoms with Gasteiger partial charge in [-0.05, 0) is 34.7 Å². The molecule has 1 N–H and O–H groups in total. The molecule has 2 unspecified atom stereocenters. The first-order chi connectivity index (χ1) is 16.2. The molecule has 0 saturated carbocycles. The number of nitrogens with zero attached hydrogens (tertiary/aromatic N) is 3. The minimum absolute atomic E-state index is 0.0502. The zero-order chi connectivity index (χ0) is 24.5. The largest absolute Gasteiger partial charge is 0.496 e. The Bertz CT molecular complexity index is 1170. The number of hydrogen-bond donors (Lipinski definition) is 1. The number of aromatic nitrogens is 2. The first-order valence-corrected chi connectivity index (χ1v) is 12.1. The number of ether oxygens (including phenoxy) is 1. The Kier molecular flexibility index (Phi) is 6.45. The van der Waals surface area contributed by atoms with Crippen molar-refractivity contribution in [1.82, 2.24) is 14.7 Å². The van der Waals surface area contributed by atoms with Crippen LogP contribution in [0.2, 0.25) is 0 Å². The lowest BCUT2D eigenvalue weighted by molar-refractivity contribution is -0.149. The lowest BCUT2D eigenvalue weighted by atomic mass is 9.85. The second-order valence-corrected chi connectivity index (χ2v) is 10.5. The number of carboxylic acid groups (broad SMARTS) is 1. The van der Waals surface area contributed by atoms with E-state index in [1.807, 2.05) is 36.4 Å². The molecule has 1 saturated heterocycles. The summed E-state index contributed by atoms with van der Waals surface area (Å²) in [6.07, 6.45) is 3.32. The molecule has 1 aliphatic rings. The zero-order valence-corrected chi connectivity index (χ0v) is 20.6. The van der Waals surface area contributed by atoms with E-state index in [1.165, 1.54) is 16.7 Å². The summed E-state index contributed by atoms with van der Waals surface area (Å²) in [5, 5.41) is 14.2. The van der Waals surface area contributed by atoms with Crippen molar-refractivity contribution < 1.29 is 19.4 Å². The second-order valence-electron chi connectivity index (χ2n) is 9.45. The molecule has 1 aromatic heterocycles. The lowest BCUT2D eigenvalue weighted by Crippen LogP contribution is -2.58. The Balaban J connectivity index is 1.83. The standard InChI is InChI=1S/C26H29N3O4S/c1-25(2,3)20-12-11-19(15-21(20)33-4)22(30)29-23(18-9-6-5-7-10-18)34-17-26(29,24(31)32)16-28-14-8-13-27-28/h5-15,23H,16-17H2,1-4H3,(H,31,32). The molecule has 7 nitrogen and oxygen atoms in total. The normalized spacial score (nSPS) is 20.4. The van der Waals surface area contributed by atoms with E-state index < -0.39 is 16.9 Å². The van der Waals surface area contributed by atoms with E-state index in [9.17, 15) is 14.7 Å². The average molecular weight is 480 g/mol. The van der Waals surface area contributed by atoms with Crippen LogP contribution in [0.1, 0.15) is 47.6 Å². The summed E-state index contributed by atoms with van der Waals surface area (Å²) in [4.78, 5) is 28.4. The molecule has 8 heteroatoms. The Morgan fingerprint density at radius 3 is 2.50 bits per heavy atom. The molecular formula is C26H29N3O4S. The van der Waals surface area contributed by atoms with Crippen molar-refractivity contribution in [3.05, 3.63) is 83.7 Å². The van der Waals surface area contributed by atoms with Gasteiger partial charge < -0.3 is 14.7 Å². The van der Waals surface area contributed by atoms with Crippen molar-refractivity contribution in [2.45, 2.75) is 43.6 Å². The fraction of sp³-hybridized carbons (Fsp3) is 0.346. The predicted octanol–water partition coefficient (Wildman–Crippen LogP) is 4.60. The first kappa shape index (κ1) is 23.9. The van der Waals surface area contributed by atoms with Crippen molar-refractivity contribution in [3.63, 3.8) is 0 Å². The third-order valence-corrected chi connectivity index (χ3v) is 7.56. The van der Waals surface area contributed by atoms with Gasteiger partial charge in [0, 0.05) is 23.7 Å². The maximum Gasteiger partial charge on any atom is 0.332 e. The fourth-order valence-corrected chi connectivity index (χ4v) is 5.93. The van der Waals surface area contributed by atoms with Crippen LogP contribution in [0.3, 0.4) is 0 Å². The van der Waals surface area contributed by atoms with Gasteiger partial charge in [-0.1, -0.05) is 57.2 Å². The fourth-order valence-electron chi connectivity index (χ4n) is 4.35. The molecule has 2 heterocycles. The van der Waals surface area contributed by atoms with Crippen molar-refractivity contribution in [1.29, 1.82) is 0 Å². The van der Waals surface area contributed by atoms with Crippen LogP contribution in [0, 0.1) is 0 Å². The van der Waals surface area contributed by atoms with Crippen LogP contribution in [-0.4, -0.2) is 50.1 Å². The Morgan fingerprint density at radius 2 is 1.91 bits per heavy atom. The summed E-state index contributed by atoms with van der Waals surface area (Å²) < 4.78 is 7.19. The van der Waals surface area contributed by atoms with Gasteiger partial charge in [-0.2, -0.15) is 5.10 Å². The van der Waals surface area contributed by atoms with E-state index >= 15 is 0 Å². The number of amides is 1. The highest BCUT2D eigenvalue weighted by Gasteiger charge is 2.56. The smallest absolute Gasteiger partial charge is 0.332 e. The summed E-state index contributed by atoms with van der Waals surface area (Å²) in [7, 11) is 1.58. The van der Waals surface area contributed by atoms with Gasteiger partial charge in [-0.3, -0.25) is 9.48 Å². The van der Waals surface area contributed by atoms with E-state index in [1.54, 1.807) is 42.4 Å². The molecule has 4 rings (SSSR count). The van der Waals surface area contributed by atoms with E-state index in [4.69, 9.17) is 4.74 Å². The molecular weight excluding hydrogens is 450 g/mol. The van der Waals surface area contributed by atoms with Gasteiger partial charge in [0.25, 0.3) is 5.91 Å². The van der Waals surface area contributed by atoms with Crippen LogP contribution in [-0.2, 0) is 16.8 Å². The van der Waals surface area contributed by atoms with Crippen LogP contribution in [0.5, 0.6) is 5.75 Å². The van der Waals surface area contributed by atoms with E-state index in [0.29, 0.717) is 11.3 Å². The van der Waals surface area contributed by atoms with Crippen LogP contribution in [0.25, 0.3) is 0 Å². The number of benzene rings is 2. The number of carbonyl (C=O) groups excluding carboxylic acids is 1. The molecule has 3 aromatic rings. The molecule has 0 aliphatic carbocycles. The Morgan fingerprint density at radius 1 is 1.18 bits per heavy atom. The number of aliphatic carboxylic acids is 1. The molecule has 178 valence electrons. The van der Waals surface area contributed by atoms with Crippen molar-refractivity contribution in [2.24, 2.45) is 0 Å². The van der Waals surface area contributed by atoms with Crippen LogP contribution in [0.4, 0.5) is 0 Å². The number of methoxy groups -OCH3 is 1. The quantitative estimate of drug-likeness (QED) is 0.556. The van der Waals surface area contributed by atoms with Crippen LogP contribution >= 0.6 is 11.8 Å². The first-order valence-electron chi connectivity index (χ1n) is 11.1. The topological polar surface area (TPSA) is 84.7 Å². The Hall–Kier alpha value is -3.26. The monoisotopic (exact) mass is 479 g/mol. The van der Waals surface area contributed by atoms with Gasteiger partial charge in [0.05, 0.1) is 13.7 Å². The number of hydrogen-bond acceptors (Lipinski definition) is 5. The van der Waals surface area contributed by atoms with Crippen molar-refractivity contribution >= 4 is 23.6 Å². The van der Waals surface area contributed by atoms with Gasteiger partial charge in [-0.15, -0.1) is 11.8 Å². The number of carboxylic acids is 1. The number of thioether (sulfide) groups is 1. The Labute approximate surface area is 203 Å². The minimum Gasteiger partial charge on any atom is -0.496 e. The molecule has 2 aromatic carbocycles. The van der Waals surface area contributed by atoms with Gasteiger partial charge in [0.15, 0.2) is 5.54 Å². The zero-order valence-electron chi connectivity index (χ0n) is 19.8. The lowest BCUT2D eigenvalue weighted by Gasteiger charge is -2.37. The third-order valence-electron chi connectivity index (χ3n) is 6.12. The van der Waals surface area contributed by atoms with Gasteiger partial charge in [0.1, 0.15) is 11.1 Å². The molecule has 0 spiro atoms. The summed E-state index contributed by atoms with van der Waals surface area (Å²) in [5.41, 5.74) is 0.600. The molecule has 34 heavy (non-hydrogen) atoms. The van der Waals surface area contributed by atoms with Crippen LogP contribution in [0.15, 0.2) is 67.0 Å². The molecule has 2 atom stereocenters. The second kappa shape index (κ2) is 9.18. The van der Waals surface area contributed by atoms with Crippen molar-refractivity contribution in [3.8, 4) is 5.75 Å². The molecule has 1 aliphatic heterocycles.